The van der Waals surface area contributed by atoms with Crippen LogP contribution in [0.1, 0.15) is 31.7 Å². The van der Waals surface area contributed by atoms with E-state index in [1.807, 2.05) is 30.3 Å². The van der Waals surface area contributed by atoms with Gasteiger partial charge in [0.1, 0.15) is 6.04 Å². The molecule has 5 nitrogen and oxygen atoms in total. The van der Waals surface area contributed by atoms with Crippen molar-refractivity contribution in [2.24, 2.45) is 0 Å². The lowest BCUT2D eigenvalue weighted by Gasteiger charge is -2.37. The Morgan fingerprint density at radius 3 is 2.43 bits per heavy atom. The summed E-state index contributed by atoms with van der Waals surface area (Å²) >= 11 is 0. The van der Waals surface area contributed by atoms with Crippen molar-refractivity contribution < 1.29 is 14.7 Å². The van der Waals surface area contributed by atoms with Gasteiger partial charge in [0.2, 0.25) is 5.91 Å². The molecule has 1 fully saturated rings. The average molecular weight is 290 g/mol. The lowest BCUT2D eigenvalue weighted by Crippen LogP contribution is -2.54. The Morgan fingerprint density at radius 1 is 1.29 bits per heavy atom. The van der Waals surface area contributed by atoms with E-state index in [-0.39, 0.29) is 5.91 Å². The van der Waals surface area contributed by atoms with Crippen LogP contribution in [0.3, 0.4) is 0 Å². The van der Waals surface area contributed by atoms with Crippen LogP contribution in [0.5, 0.6) is 0 Å². The molecule has 1 aromatic carbocycles. The molecule has 0 saturated carbocycles. The molecule has 0 unspecified atom stereocenters. The van der Waals surface area contributed by atoms with Crippen LogP contribution in [0.4, 0.5) is 0 Å². The molecular formula is C16H22N2O3. The van der Waals surface area contributed by atoms with Crippen molar-refractivity contribution in [3.63, 3.8) is 0 Å². The zero-order chi connectivity index (χ0) is 15.3. The van der Waals surface area contributed by atoms with Gasteiger partial charge in [-0.15, -0.1) is 0 Å². The van der Waals surface area contributed by atoms with Gasteiger partial charge in [-0.25, -0.2) is 4.79 Å². The van der Waals surface area contributed by atoms with E-state index in [4.69, 9.17) is 5.11 Å². The second-order valence-electron chi connectivity index (χ2n) is 5.47. The van der Waals surface area contributed by atoms with E-state index in [1.165, 1.54) is 0 Å². The molecule has 114 valence electrons. The minimum atomic E-state index is -0.983. The molecule has 1 aromatic rings. The highest BCUT2D eigenvalue weighted by Gasteiger charge is 2.42. The lowest BCUT2D eigenvalue weighted by atomic mass is 9.72. The lowest BCUT2D eigenvalue weighted by molar-refractivity contribution is -0.143. The van der Waals surface area contributed by atoms with E-state index in [9.17, 15) is 9.59 Å². The Bertz CT molecular complexity index is 496. The third-order valence-corrected chi connectivity index (χ3v) is 4.23. The van der Waals surface area contributed by atoms with Crippen molar-refractivity contribution in [2.75, 3.05) is 13.1 Å². The van der Waals surface area contributed by atoms with Crippen molar-refractivity contribution >= 4 is 11.9 Å². The van der Waals surface area contributed by atoms with E-state index < -0.39 is 17.4 Å². The Kier molecular flexibility index (Phi) is 4.96. The predicted molar refractivity (Wildman–Crippen MR) is 80.1 cm³/mol. The molecule has 1 saturated heterocycles. The summed E-state index contributed by atoms with van der Waals surface area (Å²) in [6.07, 6.45) is 1.74. The summed E-state index contributed by atoms with van der Waals surface area (Å²) in [5, 5.41) is 15.1. The third-order valence-electron chi connectivity index (χ3n) is 4.23. The van der Waals surface area contributed by atoms with Gasteiger partial charge in [0.15, 0.2) is 0 Å². The number of nitrogens with one attached hydrogen (secondary N) is 2. The van der Waals surface area contributed by atoms with Gasteiger partial charge in [0.25, 0.3) is 0 Å². The smallest absolute Gasteiger partial charge is 0.326 e. The average Bonchev–Trinajstić information content (AvgIpc) is 2.53. The number of carbonyl (C=O) groups excluding carboxylic acids is 1. The summed E-state index contributed by atoms with van der Waals surface area (Å²) in [5.74, 6) is -1.16. The van der Waals surface area contributed by atoms with Gasteiger partial charge < -0.3 is 15.7 Å². The molecule has 2 rings (SSSR count). The predicted octanol–water partition coefficient (Wildman–Crippen LogP) is 1.29. The Morgan fingerprint density at radius 2 is 1.90 bits per heavy atom. The Hall–Kier alpha value is -1.88. The second kappa shape index (κ2) is 6.72. The van der Waals surface area contributed by atoms with Crippen LogP contribution in [-0.4, -0.2) is 36.1 Å². The van der Waals surface area contributed by atoms with Gasteiger partial charge in [-0.1, -0.05) is 37.3 Å². The maximum absolute atomic E-state index is 12.8. The molecule has 21 heavy (non-hydrogen) atoms. The standard InChI is InChI=1S/C16H22N2O3/c1-2-13(14(19)20)18-15(21)16(8-10-17-11-9-16)12-6-4-3-5-7-12/h3-7,13,17H,2,8-11H2,1H3,(H,18,21)(H,19,20)/t13-/m0/s1. The largest absolute Gasteiger partial charge is 0.480 e. The van der Waals surface area contributed by atoms with Gasteiger partial charge in [-0.2, -0.15) is 0 Å². The Balaban J connectivity index is 2.28. The number of amides is 1. The number of carboxylic acid groups (broad SMARTS) is 1. The zero-order valence-electron chi connectivity index (χ0n) is 12.3. The number of benzene rings is 1. The maximum atomic E-state index is 12.8. The number of piperidine rings is 1. The fourth-order valence-corrected chi connectivity index (χ4v) is 2.89. The van der Waals surface area contributed by atoms with E-state index in [1.54, 1.807) is 6.92 Å². The fraction of sp³-hybridized carbons (Fsp3) is 0.500. The monoisotopic (exact) mass is 290 g/mol. The van der Waals surface area contributed by atoms with Crippen LogP contribution in [-0.2, 0) is 15.0 Å². The highest BCUT2D eigenvalue weighted by molar-refractivity contribution is 5.91. The van der Waals surface area contributed by atoms with Crippen LogP contribution in [0.2, 0.25) is 0 Å². The minimum Gasteiger partial charge on any atom is -0.480 e. The van der Waals surface area contributed by atoms with Gasteiger partial charge in [0, 0.05) is 0 Å². The molecule has 0 spiro atoms. The van der Waals surface area contributed by atoms with Gasteiger partial charge in [-0.05, 0) is 37.9 Å². The first kappa shape index (κ1) is 15.5. The summed E-state index contributed by atoms with van der Waals surface area (Å²) < 4.78 is 0. The molecule has 1 atom stereocenters. The molecule has 0 aliphatic carbocycles. The summed E-state index contributed by atoms with van der Waals surface area (Å²) in [6, 6.07) is 8.83. The second-order valence-corrected chi connectivity index (χ2v) is 5.47. The van der Waals surface area contributed by atoms with Gasteiger partial charge >= 0.3 is 5.97 Å². The fourth-order valence-electron chi connectivity index (χ4n) is 2.89. The van der Waals surface area contributed by atoms with Crippen LogP contribution in [0, 0.1) is 0 Å². The van der Waals surface area contributed by atoms with E-state index in [2.05, 4.69) is 10.6 Å². The molecule has 0 radical (unpaired) electrons. The number of rotatable bonds is 5. The number of hydrogen-bond acceptors (Lipinski definition) is 3. The normalized spacial score (nSPS) is 18.7. The topological polar surface area (TPSA) is 78.4 Å². The number of aliphatic carboxylic acids is 1. The molecule has 1 heterocycles. The van der Waals surface area contributed by atoms with Crippen LogP contribution in [0.25, 0.3) is 0 Å². The first-order chi connectivity index (χ1) is 10.1. The van der Waals surface area contributed by atoms with E-state index >= 15 is 0 Å². The summed E-state index contributed by atoms with van der Waals surface area (Å²) in [7, 11) is 0. The van der Waals surface area contributed by atoms with Gasteiger partial charge in [-0.3, -0.25) is 4.79 Å². The highest BCUT2D eigenvalue weighted by Crippen LogP contribution is 2.33. The minimum absolute atomic E-state index is 0.176. The molecule has 0 aromatic heterocycles. The molecular weight excluding hydrogens is 268 g/mol. The quantitative estimate of drug-likeness (QED) is 0.763. The molecule has 1 aliphatic rings. The van der Waals surface area contributed by atoms with Crippen molar-refractivity contribution in [1.82, 2.24) is 10.6 Å². The van der Waals surface area contributed by atoms with E-state index in [0.717, 1.165) is 18.7 Å². The van der Waals surface area contributed by atoms with Crippen molar-refractivity contribution in [3.05, 3.63) is 35.9 Å². The Labute approximate surface area is 124 Å². The third kappa shape index (κ3) is 3.24. The SMILES string of the molecule is CC[C@H](NC(=O)C1(c2ccccc2)CCNCC1)C(=O)O. The summed E-state index contributed by atoms with van der Waals surface area (Å²) in [4.78, 5) is 24.0. The number of hydrogen-bond donors (Lipinski definition) is 3. The first-order valence-corrected chi connectivity index (χ1v) is 7.40. The highest BCUT2D eigenvalue weighted by atomic mass is 16.4. The summed E-state index contributed by atoms with van der Waals surface area (Å²) in [5.41, 5.74) is 0.333. The van der Waals surface area contributed by atoms with Crippen LogP contribution < -0.4 is 10.6 Å². The summed E-state index contributed by atoms with van der Waals surface area (Å²) in [6.45, 7) is 3.27. The maximum Gasteiger partial charge on any atom is 0.326 e. The molecule has 5 heteroatoms. The molecule has 0 bridgehead atoms. The van der Waals surface area contributed by atoms with Crippen molar-refractivity contribution in [1.29, 1.82) is 0 Å². The zero-order valence-corrected chi connectivity index (χ0v) is 12.3. The van der Waals surface area contributed by atoms with Crippen LogP contribution in [0.15, 0.2) is 30.3 Å². The van der Waals surface area contributed by atoms with Crippen molar-refractivity contribution in [2.45, 2.75) is 37.6 Å². The molecule has 3 N–H and O–H groups in total. The first-order valence-electron chi connectivity index (χ1n) is 7.40. The van der Waals surface area contributed by atoms with Gasteiger partial charge in [0.05, 0.1) is 5.41 Å². The number of carbonyl (C=O) groups is 2. The number of carboxylic acids is 1. The molecule has 1 aliphatic heterocycles. The van der Waals surface area contributed by atoms with E-state index in [0.29, 0.717) is 19.3 Å². The van der Waals surface area contributed by atoms with Crippen LogP contribution >= 0.6 is 0 Å². The van der Waals surface area contributed by atoms with Crippen molar-refractivity contribution in [3.8, 4) is 0 Å². The molecule has 1 amide bonds.